The van der Waals surface area contributed by atoms with Gasteiger partial charge in [0.1, 0.15) is 11.9 Å². The average Bonchev–Trinajstić information content (AvgIpc) is 3.26. The van der Waals surface area contributed by atoms with Crippen LogP contribution < -0.4 is 5.32 Å². The Balaban J connectivity index is 0.00000210. The lowest BCUT2D eigenvalue weighted by Crippen LogP contribution is -2.49. The number of non-ortho nitro benzene ring substituents is 1. The van der Waals surface area contributed by atoms with Crippen LogP contribution in [0.3, 0.4) is 0 Å². The van der Waals surface area contributed by atoms with E-state index in [1.54, 1.807) is 17.2 Å². The van der Waals surface area contributed by atoms with Crippen LogP contribution in [0, 0.1) is 10.1 Å². The fourth-order valence-electron chi connectivity index (χ4n) is 3.29. The van der Waals surface area contributed by atoms with Gasteiger partial charge in [-0.15, -0.1) is 12.4 Å². The van der Waals surface area contributed by atoms with Crippen LogP contribution >= 0.6 is 12.4 Å². The van der Waals surface area contributed by atoms with E-state index in [2.05, 4.69) is 20.5 Å². The van der Waals surface area contributed by atoms with Gasteiger partial charge in [-0.1, -0.05) is 0 Å². The molecule has 27 heavy (non-hydrogen) atoms. The Morgan fingerprint density at radius 1 is 1.41 bits per heavy atom. The van der Waals surface area contributed by atoms with E-state index in [4.69, 9.17) is 0 Å². The van der Waals surface area contributed by atoms with Crippen LogP contribution in [0.2, 0.25) is 0 Å². The van der Waals surface area contributed by atoms with Gasteiger partial charge in [0, 0.05) is 56.6 Å². The zero-order valence-electron chi connectivity index (χ0n) is 14.5. The molecule has 1 saturated heterocycles. The van der Waals surface area contributed by atoms with Crippen LogP contribution in [0.1, 0.15) is 22.4 Å². The van der Waals surface area contributed by atoms with Crippen molar-refractivity contribution in [2.75, 3.05) is 19.6 Å². The minimum atomic E-state index is -0.484. The molecule has 1 aliphatic rings. The van der Waals surface area contributed by atoms with Crippen molar-refractivity contribution in [1.82, 2.24) is 30.0 Å². The molecule has 1 unspecified atom stereocenters. The molecule has 1 atom stereocenters. The summed E-state index contributed by atoms with van der Waals surface area (Å²) in [4.78, 5) is 29.8. The second kappa shape index (κ2) is 7.33. The van der Waals surface area contributed by atoms with E-state index in [-0.39, 0.29) is 35.7 Å². The number of nitrogens with one attached hydrogen (secondary N) is 2. The number of imidazole rings is 1. The number of aromatic nitrogens is 4. The normalized spacial score (nSPS) is 16.9. The quantitative estimate of drug-likeness (QED) is 0.514. The number of nitro benzene ring substituents is 1. The van der Waals surface area contributed by atoms with Gasteiger partial charge in [-0.05, 0) is 6.07 Å². The van der Waals surface area contributed by atoms with Gasteiger partial charge >= 0.3 is 0 Å². The van der Waals surface area contributed by atoms with Crippen molar-refractivity contribution in [2.45, 2.75) is 6.04 Å². The molecule has 4 rings (SSSR count). The molecule has 0 radical (unpaired) electrons. The Labute approximate surface area is 160 Å². The van der Waals surface area contributed by atoms with Crippen LogP contribution in [-0.4, -0.2) is 55.1 Å². The molecule has 0 aliphatic carbocycles. The number of H-pyrrole nitrogens is 1. The van der Waals surface area contributed by atoms with Crippen molar-refractivity contribution < 1.29 is 9.72 Å². The average molecular weight is 392 g/mol. The maximum atomic E-state index is 13.2. The molecule has 0 bridgehead atoms. The predicted molar refractivity (Wildman–Crippen MR) is 99.9 cm³/mol. The lowest BCUT2D eigenvalue weighted by atomic mass is 10.1. The topological polar surface area (TPSA) is 122 Å². The van der Waals surface area contributed by atoms with E-state index >= 15 is 0 Å². The monoisotopic (exact) mass is 391 g/mol. The first-order valence-electron chi connectivity index (χ1n) is 8.17. The van der Waals surface area contributed by atoms with Gasteiger partial charge in [0.05, 0.1) is 10.4 Å². The van der Waals surface area contributed by atoms with E-state index in [0.717, 1.165) is 5.82 Å². The molecule has 1 fully saturated rings. The Bertz CT molecular complexity index is 999. The maximum absolute atomic E-state index is 13.2. The van der Waals surface area contributed by atoms with Crippen molar-refractivity contribution in [3.8, 4) is 0 Å². The Morgan fingerprint density at radius 3 is 2.93 bits per heavy atom. The maximum Gasteiger partial charge on any atom is 0.275 e. The summed E-state index contributed by atoms with van der Waals surface area (Å²) in [5, 5.41) is 21.7. The molecule has 142 valence electrons. The molecule has 3 aromatic rings. The largest absolute Gasteiger partial charge is 0.336 e. The summed E-state index contributed by atoms with van der Waals surface area (Å²) in [5.74, 6) is 0.502. The van der Waals surface area contributed by atoms with Crippen molar-refractivity contribution >= 4 is 34.9 Å². The number of hydrogen-bond donors (Lipinski definition) is 2. The van der Waals surface area contributed by atoms with Crippen LogP contribution in [0.5, 0.6) is 0 Å². The minimum Gasteiger partial charge on any atom is -0.336 e. The first kappa shape index (κ1) is 18.8. The summed E-state index contributed by atoms with van der Waals surface area (Å²) in [5.41, 5.74) is 0.696. The SMILES string of the molecule is Cl.Cn1ccnc1C1CNCCN1C(=O)c1n[nH]c2ccc([N+](=O)[O-])cc12. The zero-order valence-corrected chi connectivity index (χ0v) is 15.3. The number of amides is 1. The fraction of sp³-hybridized carbons (Fsp3) is 0.312. The number of halogens is 1. The summed E-state index contributed by atoms with van der Waals surface area (Å²) < 4.78 is 1.88. The highest BCUT2D eigenvalue weighted by Gasteiger charge is 2.33. The third kappa shape index (κ3) is 3.24. The summed E-state index contributed by atoms with van der Waals surface area (Å²) in [6, 6.07) is 4.09. The molecular weight excluding hydrogens is 374 g/mol. The first-order chi connectivity index (χ1) is 12.6. The molecule has 2 N–H and O–H groups in total. The molecule has 1 aliphatic heterocycles. The number of carbonyl (C=O) groups excluding carboxylic acids is 1. The van der Waals surface area contributed by atoms with E-state index < -0.39 is 4.92 Å². The lowest BCUT2D eigenvalue weighted by molar-refractivity contribution is -0.384. The van der Waals surface area contributed by atoms with Crippen LogP contribution in [0.4, 0.5) is 5.69 Å². The van der Waals surface area contributed by atoms with Crippen molar-refractivity contribution in [1.29, 1.82) is 0 Å². The number of fused-ring (bicyclic) bond motifs is 1. The molecule has 1 aromatic carbocycles. The third-order valence-corrected chi connectivity index (χ3v) is 4.62. The van der Waals surface area contributed by atoms with E-state index in [0.29, 0.717) is 30.5 Å². The molecule has 11 heteroatoms. The highest BCUT2D eigenvalue weighted by atomic mass is 35.5. The van der Waals surface area contributed by atoms with Gasteiger partial charge < -0.3 is 14.8 Å². The number of benzene rings is 1. The van der Waals surface area contributed by atoms with Gasteiger partial charge in [-0.25, -0.2) is 4.98 Å². The number of carbonyl (C=O) groups is 1. The second-order valence-corrected chi connectivity index (χ2v) is 6.17. The summed E-state index contributed by atoms with van der Waals surface area (Å²) in [6.45, 7) is 1.74. The fourth-order valence-corrected chi connectivity index (χ4v) is 3.29. The molecule has 3 heterocycles. The zero-order chi connectivity index (χ0) is 18.3. The van der Waals surface area contributed by atoms with Crippen LogP contribution in [0.15, 0.2) is 30.6 Å². The predicted octanol–water partition coefficient (Wildman–Crippen LogP) is 1.41. The van der Waals surface area contributed by atoms with Crippen LogP contribution in [-0.2, 0) is 7.05 Å². The first-order valence-corrected chi connectivity index (χ1v) is 8.17. The number of piperazine rings is 1. The summed E-state index contributed by atoms with van der Waals surface area (Å²) in [6.07, 6.45) is 3.53. The Hall–Kier alpha value is -2.98. The van der Waals surface area contributed by atoms with Gasteiger partial charge in [-0.3, -0.25) is 20.0 Å². The molecular formula is C16H18ClN7O3. The third-order valence-electron chi connectivity index (χ3n) is 4.62. The van der Waals surface area contributed by atoms with Crippen molar-refractivity contribution in [3.63, 3.8) is 0 Å². The van der Waals surface area contributed by atoms with Gasteiger partial charge in [0.2, 0.25) is 0 Å². The summed E-state index contributed by atoms with van der Waals surface area (Å²) >= 11 is 0. The molecule has 0 saturated carbocycles. The standard InChI is InChI=1S/C16H17N7O3.ClH/c1-21-6-5-18-15(21)13-9-17-4-7-22(13)16(24)14-11-8-10(23(25)26)2-3-12(11)19-20-14;/h2-3,5-6,8,13,17H,4,7,9H2,1H3,(H,19,20);1H. The van der Waals surface area contributed by atoms with Crippen molar-refractivity contribution in [2.24, 2.45) is 7.05 Å². The van der Waals surface area contributed by atoms with E-state index in [1.807, 2.05) is 17.8 Å². The molecule has 0 spiro atoms. The number of aromatic amines is 1. The number of aryl methyl sites for hydroxylation is 1. The number of hydrogen-bond acceptors (Lipinski definition) is 6. The van der Waals surface area contributed by atoms with Crippen LogP contribution in [0.25, 0.3) is 10.9 Å². The van der Waals surface area contributed by atoms with Gasteiger partial charge in [0.25, 0.3) is 11.6 Å². The Morgan fingerprint density at radius 2 is 2.22 bits per heavy atom. The number of nitrogens with zero attached hydrogens (tertiary/aromatic N) is 5. The molecule has 10 nitrogen and oxygen atoms in total. The van der Waals surface area contributed by atoms with Crippen molar-refractivity contribution in [3.05, 3.63) is 52.2 Å². The molecule has 1 amide bonds. The smallest absolute Gasteiger partial charge is 0.275 e. The highest BCUT2D eigenvalue weighted by molar-refractivity contribution is 6.05. The minimum absolute atomic E-state index is 0. The number of nitro groups is 1. The van der Waals surface area contributed by atoms with Gasteiger partial charge in [-0.2, -0.15) is 5.10 Å². The lowest BCUT2D eigenvalue weighted by Gasteiger charge is -2.35. The number of rotatable bonds is 3. The highest BCUT2D eigenvalue weighted by Crippen LogP contribution is 2.27. The second-order valence-electron chi connectivity index (χ2n) is 6.17. The Kier molecular flexibility index (Phi) is 5.10. The van der Waals surface area contributed by atoms with E-state index in [1.165, 1.54) is 12.1 Å². The van der Waals surface area contributed by atoms with Gasteiger partial charge in [0.15, 0.2) is 5.69 Å². The summed E-state index contributed by atoms with van der Waals surface area (Å²) in [7, 11) is 1.88. The molecule has 2 aromatic heterocycles. The van der Waals surface area contributed by atoms with E-state index in [9.17, 15) is 14.9 Å².